The number of aromatic nitrogens is 4. The predicted molar refractivity (Wildman–Crippen MR) is 238 cm³/mol. The minimum absolute atomic E-state index is 0.0424. The molecule has 5 aromatic rings. The summed E-state index contributed by atoms with van der Waals surface area (Å²) in [7, 11) is 0. The van der Waals surface area contributed by atoms with Crippen molar-refractivity contribution in [3.05, 3.63) is 102 Å². The summed E-state index contributed by atoms with van der Waals surface area (Å²) in [4.78, 5) is 85.5. The maximum atomic E-state index is 13.6. The van der Waals surface area contributed by atoms with Gasteiger partial charge in [0.15, 0.2) is 17.0 Å². The van der Waals surface area contributed by atoms with Crippen molar-refractivity contribution in [3.63, 3.8) is 0 Å². The van der Waals surface area contributed by atoms with Gasteiger partial charge in [-0.3, -0.25) is 39.1 Å². The molecule has 3 N–H and O–H groups in total. The molecule has 0 radical (unpaired) electrons. The molecule has 4 aliphatic heterocycles. The van der Waals surface area contributed by atoms with Crippen LogP contribution in [0, 0.1) is 0 Å². The SMILES string of the molecule is O=C1CCC(N2C(=O)c3cccc(N4CCC(OCCN5CCN(c6ccc(Nc7ncnc8c7ncn8C7CC(NC(=O)Cc8ccccc8)C7)cc6)CC5)CC4)c3C2=O)C(=O)N1. The lowest BCUT2D eigenvalue weighted by Crippen LogP contribution is -2.54. The van der Waals surface area contributed by atoms with Gasteiger partial charge in [-0.2, -0.15) is 0 Å². The van der Waals surface area contributed by atoms with Crippen molar-refractivity contribution in [3.8, 4) is 0 Å². The number of nitrogens with zero attached hydrogens (tertiary/aromatic N) is 8. The maximum absolute atomic E-state index is 13.6. The van der Waals surface area contributed by atoms with Crippen LogP contribution in [0.5, 0.6) is 0 Å². The fourth-order valence-corrected chi connectivity index (χ4v) is 9.70. The Labute approximate surface area is 370 Å². The first-order chi connectivity index (χ1) is 31.3. The Hall–Kier alpha value is -6.72. The van der Waals surface area contributed by atoms with E-state index in [-0.39, 0.29) is 36.9 Å². The second kappa shape index (κ2) is 17.8. The Morgan fingerprint density at radius 1 is 0.797 bits per heavy atom. The van der Waals surface area contributed by atoms with Crippen LogP contribution in [0.25, 0.3) is 11.2 Å². The number of rotatable bonds is 13. The molecule has 5 aliphatic rings. The fraction of sp³-hybridized carbons (Fsp3) is 0.404. The summed E-state index contributed by atoms with van der Waals surface area (Å²) in [6.45, 7) is 6.56. The van der Waals surface area contributed by atoms with Crippen LogP contribution in [0.1, 0.15) is 70.8 Å². The molecule has 1 saturated carbocycles. The molecular formula is C47H51N11O6. The highest BCUT2D eigenvalue weighted by Crippen LogP contribution is 2.37. The number of piperazine rings is 1. The number of carbonyl (C=O) groups is 5. The van der Waals surface area contributed by atoms with E-state index in [4.69, 9.17) is 4.74 Å². The highest BCUT2D eigenvalue weighted by atomic mass is 16.5. The van der Waals surface area contributed by atoms with E-state index >= 15 is 0 Å². The number of piperidine rings is 2. The smallest absolute Gasteiger partial charge is 0.264 e. The lowest BCUT2D eigenvalue weighted by atomic mass is 9.86. The molecule has 17 nitrogen and oxygen atoms in total. The zero-order valence-corrected chi connectivity index (χ0v) is 35.5. The van der Waals surface area contributed by atoms with Gasteiger partial charge < -0.3 is 29.7 Å². The second-order valence-corrected chi connectivity index (χ2v) is 17.3. The number of ether oxygens (including phenoxy) is 1. The first kappa shape index (κ1) is 41.3. The van der Waals surface area contributed by atoms with E-state index in [2.05, 4.69) is 74.4 Å². The molecule has 330 valence electrons. The Balaban J connectivity index is 0.653. The van der Waals surface area contributed by atoms with Gasteiger partial charge in [0.1, 0.15) is 12.4 Å². The lowest BCUT2D eigenvalue weighted by Gasteiger charge is -2.37. The third-order valence-corrected chi connectivity index (χ3v) is 13.3. The van der Waals surface area contributed by atoms with Crippen LogP contribution in [-0.2, 0) is 25.5 Å². The molecule has 1 atom stereocenters. The standard InChI is InChI=1S/C47H51N11O6/c59-39-14-13-38(45(61)53-39)58-46(62)36-7-4-8-37(41(36)47(58)63)56-17-15-35(16-18-56)64-24-23-54-19-21-55(22-20-54)33-11-9-31(10-12-33)52-43-42-44(49-28-48-43)57(29-50-42)34-26-32(27-34)51-40(60)25-30-5-2-1-3-6-30/h1-12,28-29,32,34-35,38H,13-27H2,(H,51,60)(H,48,49,52)(H,53,59,61). The number of fused-ring (bicyclic) bond motifs is 2. The number of amides is 5. The molecule has 1 aliphatic carbocycles. The molecule has 2 aromatic heterocycles. The molecule has 10 rings (SSSR count). The molecular weight excluding hydrogens is 815 g/mol. The molecule has 64 heavy (non-hydrogen) atoms. The van der Waals surface area contributed by atoms with Crippen LogP contribution in [0.3, 0.4) is 0 Å². The third kappa shape index (κ3) is 8.40. The number of nitrogens with one attached hydrogen (secondary N) is 3. The van der Waals surface area contributed by atoms with Crippen LogP contribution in [-0.4, -0.2) is 129 Å². The Kier molecular flexibility index (Phi) is 11.5. The Morgan fingerprint density at radius 2 is 1.58 bits per heavy atom. The first-order valence-corrected chi connectivity index (χ1v) is 22.3. The van der Waals surface area contributed by atoms with Gasteiger partial charge in [-0.05, 0) is 74.1 Å². The van der Waals surface area contributed by atoms with Crippen LogP contribution >= 0.6 is 0 Å². The maximum Gasteiger partial charge on any atom is 0.264 e. The zero-order valence-electron chi connectivity index (χ0n) is 35.5. The average Bonchev–Trinajstić information content (AvgIpc) is 3.84. The van der Waals surface area contributed by atoms with Gasteiger partial charge >= 0.3 is 0 Å². The highest BCUT2D eigenvalue weighted by molar-refractivity contribution is 6.25. The third-order valence-electron chi connectivity index (χ3n) is 13.3. The van der Waals surface area contributed by atoms with Gasteiger partial charge in [0.25, 0.3) is 11.8 Å². The van der Waals surface area contributed by atoms with Crippen LogP contribution in [0.4, 0.5) is 22.9 Å². The first-order valence-electron chi connectivity index (χ1n) is 22.3. The highest BCUT2D eigenvalue weighted by Gasteiger charge is 2.46. The van der Waals surface area contributed by atoms with E-state index in [1.807, 2.05) is 42.7 Å². The summed E-state index contributed by atoms with van der Waals surface area (Å²) in [5, 5.41) is 8.87. The topological polar surface area (TPSA) is 187 Å². The van der Waals surface area contributed by atoms with Gasteiger partial charge in [-0.1, -0.05) is 36.4 Å². The number of imidazole rings is 1. The van der Waals surface area contributed by atoms with E-state index < -0.39 is 29.7 Å². The minimum Gasteiger partial charge on any atom is -0.377 e. The minimum atomic E-state index is -0.987. The zero-order chi connectivity index (χ0) is 43.7. The summed E-state index contributed by atoms with van der Waals surface area (Å²) in [5.41, 5.74) is 5.90. The summed E-state index contributed by atoms with van der Waals surface area (Å²) < 4.78 is 8.45. The summed E-state index contributed by atoms with van der Waals surface area (Å²) >= 11 is 0. The second-order valence-electron chi connectivity index (χ2n) is 17.3. The summed E-state index contributed by atoms with van der Waals surface area (Å²) in [6.07, 6.45) is 7.35. The van der Waals surface area contributed by atoms with Crippen molar-refractivity contribution in [2.24, 2.45) is 0 Å². The number of hydrogen-bond donors (Lipinski definition) is 3. The van der Waals surface area contributed by atoms with Gasteiger partial charge in [-0.25, -0.2) is 15.0 Å². The van der Waals surface area contributed by atoms with Crippen LogP contribution < -0.4 is 25.8 Å². The van der Waals surface area contributed by atoms with Gasteiger partial charge in [-0.15, -0.1) is 0 Å². The molecule has 1 unspecified atom stereocenters. The van der Waals surface area contributed by atoms with Gasteiger partial charge in [0, 0.05) is 75.7 Å². The normalized spacial score (nSPS) is 21.8. The van der Waals surface area contributed by atoms with Gasteiger partial charge in [0.2, 0.25) is 17.7 Å². The van der Waals surface area contributed by atoms with Crippen LogP contribution in [0.2, 0.25) is 0 Å². The fourth-order valence-electron chi connectivity index (χ4n) is 9.70. The molecule has 17 heteroatoms. The monoisotopic (exact) mass is 865 g/mol. The largest absolute Gasteiger partial charge is 0.377 e. The van der Waals surface area contributed by atoms with E-state index in [9.17, 15) is 24.0 Å². The predicted octanol–water partition coefficient (Wildman–Crippen LogP) is 3.84. The molecule has 0 spiro atoms. The quantitative estimate of drug-likeness (QED) is 0.145. The number of benzene rings is 3. The van der Waals surface area contributed by atoms with Crippen molar-refractivity contribution in [1.82, 2.24) is 40.0 Å². The van der Waals surface area contributed by atoms with Crippen molar-refractivity contribution < 1.29 is 28.7 Å². The van der Waals surface area contributed by atoms with Crippen LogP contribution in [0.15, 0.2) is 85.5 Å². The van der Waals surface area contributed by atoms with E-state index in [1.165, 1.54) is 5.69 Å². The Morgan fingerprint density at radius 3 is 2.34 bits per heavy atom. The lowest BCUT2D eigenvalue weighted by molar-refractivity contribution is -0.136. The molecule has 5 amide bonds. The van der Waals surface area contributed by atoms with Crippen molar-refractivity contribution in [1.29, 1.82) is 0 Å². The number of anilines is 4. The van der Waals surface area contributed by atoms with E-state index in [1.54, 1.807) is 18.5 Å². The number of hydrogen-bond acceptors (Lipinski definition) is 13. The molecule has 4 fully saturated rings. The van der Waals surface area contributed by atoms with Crippen molar-refractivity contribution in [2.45, 2.75) is 69.2 Å². The molecule has 3 aromatic carbocycles. The summed E-state index contributed by atoms with van der Waals surface area (Å²) in [6, 6.07) is 22.8. The summed E-state index contributed by atoms with van der Waals surface area (Å²) in [5.74, 6) is -1.28. The van der Waals surface area contributed by atoms with Crippen molar-refractivity contribution >= 4 is 63.6 Å². The van der Waals surface area contributed by atoms with E-state index in [0.717, 1.165) is 80.2 Å². The molecule has 3 saturated heterocycles. The number of imide groups is 2. The molecule has 6 heterocycles. The molecule has 0 bridgehead atoms. The number of carbonyl (C=O) groups excluding carboxylic acids is 5. The van der Waals surface area contributed by atoms with Crippen molar-refractivity contribution in [2.75, 3.05) is 67.5 Å². The van der Waals surface area contributed by atoms with Gasteiger partial charge in [0.05, 0.1) is 42.3 Å². The average molecular weight is 866 g/mol. The van der Waals surface area contributed by atoms with E-state index in [0.29, 0.717) is 54.3 Å². The Bertz CT molecular complexity index is 2560.